The molecule has 0 aliphatic carbocycles. The number of nitrogens with two attached hydrogens (primary N) is 1. The fourth-order valence-corrected chi connectivity index (χ4v) is 3.53. The number of carboxylic acid groups (broad SMARTS) is 1. The van der Waals surface area contributed by atoms with Crippen LogP contribution in [0.15, 0.2) is 0 Å². The summed E-state index contributed by atoms with van der Waals surface area (Å²) in [5, 5.41) is 8.57. The van der Waals surface area contributed by atoms with Crippen LogP contribution in [0.3, 0.4) is 0 Å². The van der Waals surface area contributed by atoms with E-state index in [4.69, 9.17) is 10.8 Å². The zero-order valence-corrected chi connectivity index (χ0v) is 9.64. The molecule has 0 saturated carbocycles. The van der Waals surface area contributed by atoms with Crippen molar-refractivity contribution in [1.82, 2.24) is 0 Å². The van der Waals surface area contributed by atoms with Gasteiger partial charge in [0.15, 0.2) is 0 Å². The minimum absolute atomic E-state index is 0.0381. The summed E-state index contributed by atoms with van der Waals surface area (Å²) in [5.74, 6) is 0.870. The van der Waals surface area contributed by atoms with Crippen molar-refractivity contribution in [2.75, 3.05) is 5.75 Å². The fraction of sp³-hybridized carbons (Fsp3) is 0.900. The molecule has 3 N–H and O–H groups in total. The molecule has 0 aromatic rings. The number of thioether (sulfide) groups is 1. The molecule has 1 aliphatic rings. The maximum atomic E-state index is 10.4. The van der Waals surface area contributed by atoms with Gasteiger partial charge in [0, 0.05) is 17.2 Å². The molecule has 1 heterocycles. The van der Waals surface area contributed by atoms with E-state index >= 15 is 0 Å². The van der Waals surface area contributed by atoms with Crippen LogP contribution in [0.4, 0.5) is 0 Å². The van der Waals surface area contributed by atoms with Gasteiger partial charge in [-0.1, -0.05) is 13.8 Å². The van der Waals surface area contributed by atoms with Gasteiger partial charge in [-0.3, -0.25) is 4.79 Å². The molecule has 14 heavy (non-hydrogen) atoms. The lowest BCUT2D eigenvalue weighted by molar-refractivity contribution is -0.137. The van der Waals surface area contributed by atoms with Crippen LogP contribution in [-0.2, 0) is 4.79 Å². The van der Waals surface area contributed by atoms with Crippen LogP contribution in [0.2, 0.25) is 0 Å². The Hall–Kier alpha value is -0.220. The van der Waals surface area contributed by atoms with Crippen molar-refractivity contribution in [2.24, 2.45) is 11.7 Å². The number of carboxylic acids is 1. The largest absolute Gasteiger partial charge is 0.481 e. The summed E-state index contributed by atoms with van der Waals surface area (Å²) in [4.78, 5) is 10.4. The highest BCUT2D eigenvalue weighted by molar-refractivity contribution is 8.00. The SMILES string of the molecule is CC1(C)SCCC1C(N)CCC(=O)O. The van der Waals surface area contributed by atoms with E-state index in [2.05, 4.69) is 13.8 Å². The van der Waals surface area contributed by atoms with Gasteiger partial charge in [-0.05, 0) is 24.5 Å². The van der Waals surface area contributed by atoms with Crippen molar-refractivity contribution in [3.63, 3.8) is 0 Å². The number of hydrogen-bond donors (Lipinski definition) is 2. The first-order chi connectivity index (χ1) is 6.43. The second kappa shape index (κ2) is 4.53. The second-order valence-electron chi connectivity index (χ2n) is 4.44. The first-order valence-corrected chi connectivity index (χ1v) is 6.03. The van der Waals surface area contributed by atoms with Crippen LogP contribution in [-0.4, -0.2) is 27.6 Å². The Morgan fingerprint density at radius 2 is 2.36 bits per heavy atom. The van der Waals surface area contributed by atoms with Gasteiger partial charge in [0.1, 0.15) is 0 Å². The zero-order chi connectivity index (χ0) is 10.8. The number of rotatable bonds is 4. The van der Waals surface area contributed by atoms with Crippen LogP contribution in [0.25, 0.3) is 0 Å². The predicted octanol–water partition coefficient (Wildman–Crippen LogP) is 1.71. The monoisotopic (exact) mass is 217 g/mol. The summed E-state index contributed by atoms with van der Waals surface area (Å²) in [5.41, 5.74) is 6.03. The van der Waals surface area contributed by atoms with Crippen molar-refractivity contribution in [3.8, 4) is 0 Å². The molecule has 4 heteroatoms. The highest BCUT2D eigenvalue weighted by atomic mass is 32.2. The molecule has 0 radical (unpaired) electrons. The molecular formula is C10H19NO2S. The first kappa shape index (κ1) is 11.9. The molecule has 0 aromatic carbocycles. The summed E-state index contributed by atoms with van der Waals surface area (Å²) in [6.07, 6.45) is 1.92. The summed E-state index contributed by atoms with van der Waals surface area (Å²) in [6.45, 7) is 4.41. The maximum Gasteiger partial charge on any atom is 0.303 e. The summed E-state index contributed by atoms with van der Waals surface area (Å²) >= 11 is 1.94. The molecule has 1 aliphatic heterocycles. The van der Waals surface area contributed by atoms with Gasteiger partial charge in [0.2, 0.25) is 0 Å². The molecule has 2 atom stereocenters. The molecule has 0 amide bonds. The Kier molecular flexibility index (Phi) is 3.84. The number of hydrogen-bond acceptors (Lipinski definition) is 3. The molecule has 0 spiro atoms. The topological polar surface area (TPSA) is 63.3 Å². The third-order valence-corrected chi connectivity index (χ3v) is 4.49. The Balaban J connectivity index is 2.43. The van der Waals surface area contributed by atoms with Gasteiger partial charge in [0.05, 0.1) is 0 Å². The van der Waals surface area contributed by atoms with Gasteiger partial charge in [-0.15, -0.1) is 0 Å². The van der Waals surface area contributed by atoms with Crippen molar-refractivity contribution < 1.29 is 9.90 Å². The maximum absolute atomic E-state index is 10.4. The standard InChI is InChI=1S/C10H19NO2S/c1-10(2)7(5-6-14-10)8(11)3-4-9(12)13/h7-8H,3-6,11H2,1-2H3,(H,12,13). The van der Waals surface area contributed by atoms with Gasteiger partial charge in [-0.25, -0.2) is 0 Å². The van der Waals surface area contributed by atoms with Crippen LogP contribution in [0, 0.1) is 5.92 Å². The van der Waals surface area contributed by atoms with Crippen molar-refractivity contribution in [2.45, 2.75) is 43.9 Å². The Bertz CT molecular complexity index is 218. The van der Waals surface area contributed by atoms with Crippen molar-refractivity contribution in [3.05, 3.63) is 0 Å². The molecule has 82 valence electrons. The fourth-order valence-electron chi connectivity index (χ4n) is 2.12. The Morgan fingerprint density at radius 3 is 2.79 bits per heavy atom. The van der Waals surface area contributed by atoms with Gasteiger partial charge < -0.3 is 10.8 Å². The van der Waals surface area contributed by atoms with E-state index in [1.807, 2.05) is 11.8 Å². The third kappa shape index (κ3) is 2.89. The van der Waals surface area contributed by atoms with E-state index in [0.717, 1.165) is 12.2 Å². The summed E-state index contributed by atoms with van der Waals surface area (Å²) in [7, 11) is 0. The summed E-state index contributed by atoms with van der Waals surface area (Å²) < 4.78 is 0.220. The van der Waals surface area contributed by atoms with E-state index in [-0.39, 0.29) is 17.2 Å². The van der Waals surface area contributed by atoms with Crippen LogP contribution >= 0.6 is 11.8 Å². The molecular weight excluding hydrogens is 198 g/mol. The van der Waals surface area contributed by atoms with Crippen LogP contribution in [0.5, 0.6) is 0 Å². The molecule has 2 unspecified atom stereocenters. The van der Waals surface area contributed by atoms with E-state index in [0.29, 0.717) is 12.3 Å². The minimum Gasteiger partial charge on any atom is -0.481 e. The lowest BCUT2D eigenvalue weighted by atomic mass is 9.84. The predicted molar refractivity (Wildman–Crippen MR) is 59.5 cm³/mol. The average Bonchev–Trinajstić information content (AvgIpc) is 2.41. The van der Waals surface area contributed by atoms with Crippen LogP contribution < -0.4 is 5.73 Å². The zero-order valence-electron chi connectivity index (χ0n) is 8.82. The molecule has 1 fully saturated rings. The Labute approximate surface area is 89.4 Å². The lowest BCUT2D eigenvalue weighted by Crippen LogP contribution is -2.39. The second-order valence-corrected chi connectivity index (χ2v) is 6.19. The Morgan fingerprint density at radius 1 is 1.71 bits per heavy atom. The lowest BCUT2D eigenvalue weighted by Gasteiger charge is -2.30. The van der Waals surface area contributed by atoms with E-state index in [1.165, 1.54) is 0 Å². The van der Waals surface area contributed by atoms with Gasteiger partial charge in [-0.2, -0.15) is 11.8 Å². The summed E-state index contributed by atoms with van der Waals surface area (Å²) in [6, 6.07) is 0.0381. The quantitative estimate of drug-likeness (QED) is 0.752. The van der Waals surface area contributed by atoms with E-state index < -0.39 is 5.97 Å². The van der Waals surface area contributed by atoms with Crippen molar-refractivity contribution in [1.29, 1.82) is 0 Å². The van der Waals surface area contributed by atoms with Gasteiger partial charge >= 0.3 is 5.97 Å². The van der Waals surface area contributed by atoms with Crippen LogP contribution in [0.1, 0.15) is 33.1 Å². The molecule has 0 aromatic heterocycles. The number of aliphatic carboxylic acids is 1. The smallest absolute Gasteiger partial charge is 0.303 e. The minimum atomic E-state index is -0.746. The highest BCUT2D eigenvalue weighted by Crippen LogP contribution is 2.44. The van der Waals surface area contributed by atoms with E-state index in [1.54, 1.807) is 0 Å². The molecule has 3 nitrogen and oxygen atoms in total. The molecule has 0 bridgehead atoms. The average molecular weight is 217 g/mol. The first-order valence-electron chi connectivity index (χ1n) is 5.05. The normalized spacial score (nSPS) is 27.5. The van der Waals surface area contributed by atoms with E-state index in [9.17, 15) is 4.79 Å². The molecule has 1 rings (SSSR count). The third-order valence-electron chi connectivity index (χ3n) is 3.00. The van der Waals surface area contributed by atoms with Gasteiger partial charge in [0.25, 0.3) is 0 Å². The highest BCUT2D eigenvalue weighted by Gasteiger charge is 2.38. The number of carbonyl (C=O) groups is 1. The molecule has 1 saturated heterocycles. The van der Waals surface area contributed by atoms with Crippen molar-refractivity contribution >= 4 is 17.7 Å².